The Morgan fingerprint density at radius 2 is 1.91 bits per heavy atom. The molecule has 1 aromatic rings. The molecule has 1 fully saturated rings. The minimum atomic E-state index is -6.18. The standard InChI is InChI=1S/C18H17F3I2O8S/c19-13(18(20,21)32(26,27)28)3-6-29-15(24)9-1-4-17(5-2-9)30-14-11(16(25)31-17)7-10(22)8-12(14)23/h7-9,13H,1-6H2,(H,26,27,28)/p-1. The molecule has 0 bridgehead atoms. The van der Waals surface area contributed by atoms with Crippen LogP contribution in [-0.4, -0.2) is 48.7 Å². The lowest BCUT2D eigenvalue weighted by Crippen LogP contribution is -2.48. The average molecular weight is 703 g/mol. The minimum absolute atomic E-state index is 0.179. The van der Waals surface area contributed by atoms with E-state index in [1.807, 2.05) is 6.07 Å². The Morgan fingerprint density at radius 1 is 1.28 bits per heavy atom. The molecule has 0 aromatic heterocycles. The lowest BCUT2D eigenvalue weighted by molar-refractivity contribution is -0.184. The predicted octanol–water partition coefficient (Wildman–Crippen LogP) is 3.74. The zero-order valence-corrected chi connectivity index (χ0v) is 21.2. The van der Waals surface area contributed by atoms with Crippen LogP contribution in [0.3, 0.4) is 0 Å². The largest absolute Gasteiger partial charge is 0.743 e. The SMILES string of the molecule is O=C1OC2(CCC(C(=O)OCCC(F)C(F)(F)S(=O)(=O)[O-])CC2)Oc2c(I)cc(I)cc21. The van der Waals surface area contributed by atoms with Crippen LogP contribution in [0.4, 0.5) is 13.2 Å². The van der Waals surface area contributed by atoms with Crippen molar-refractivity contribution in [2.75, 3.05) is 6.61 Å². The van der Waals surface area contributed by atoms with Crippen molar-refractivity contribution in [1.82, 2.24) is 0 Å². The highest BCUT2D eigenvalue weighted by atomic mass is 127. The van der Waals surface area contributed by atoms with E-state index in [0.717, 1.165) is 7.14 Å². The summed E-state index contributed by atoms with van der Waals surface area (Å²) < 4.78 is 88.8. The number of benzene rings is 1. The summed E-state index contributed by atoms with van der Waals surface area (Å²) in [4.78, 5) is 24.7. The number of esters is 2. The Bertz CT molecular complexity index is 1030. The van der Waals surface area contributed by atoms with E-state index in [9.17, 15) is 35.7 Å². The molecule has 2 aliphatic rings. The van der Waals surface area contributed by atoms with Crippen LogP contribution in [0.1, 0.15) is 42.5 Å². The average Bonchev–Trinajstić information content (AvgIpc) is 2.68. The maximum atomic E-state index is 13.4. The molecule has 1 aliphatic carbocycles. The molecule has 0 N–H and O–H groups in total. The Kier molecular flexibility index (Phi) is 7.56. The van der Waals surface area contributed by atoms with Gasteiger partial charge in [-0.1, -0.05) is 0 Å². The van der Waals surface area contributed by atoms with E-state index >= 15 is 0 Å². The fraction of sp³-hybridized carbons (Fsp3) is 0.556. The molecule has 0 saturated heterocycles. The molecule has 8 nitrogen and oxygen atoms in total. The molecular weight excluding hydrogens is 687 g/mol. The van der Waals surface area contributed by atoms with E-state index in [4.69, 9.17) is 14.2 Å². The third-order valence-electron chi connectivity index (χ3n) is 5.19. The first kappa shape index (κ1) is 25.7. The second kappa shape index (κ2) is 9.40. The van der Waals surface area contributed by atoms with Gasteiger partial charge in [0.15, 0.2) is 22.0 Å². The van der Waals surface area contributed by atoms with E-state index in [0.29, 0.717) is 11.3 Å². The van der Waals surface area contributed by atoms with Crippen LogP contribution in [0.25, 0.3) is 0 Å². The molecule has 1 spiro atoms. The summed E-state index contributed by atoms with van der Waals surface area (Å²) in [5, 5.41) is -5.11. The normalized spacial score (nSPS) is 24.3. The third kappa shape index (κ3) is 5.27. The summed E-state index contributed by atoms with van der Waals surface area (Å²) in [6.07, 6.45) is -3.69. The molecule has 1 saturated carbocycles. The molecule has 1 unspecified atom stereocenters. The summed E-state index contributed by atoms with van der Waals surface area (Å²) in [6.45, 7) is -0.817. The molecule has 0 amide bonds. The van der Waals surface area contributed by atoms with Crippen molar-refractivity contribution in [3.63, 3.8) is 0 Å². The third-order valence-corrected chi connectivity index (χ3v) is 7.54. The molecule has 14 heteroatoms. The molecular formula is C18H16F3I2O8S-. The van der Waals surface area contributed by atoms with Crippen molar-refractivity contribution in [2.24, 2.45) is 5.92 Å². The van der Waals surface area contributed by atoms with Crippen LogP contribution in [0.15, 0.2) is 12.1 Å². The number of carbonyl (C=O) groups excluding carboxylic acids is 2. The molecule has 0 radical (unpaired) electrons. The second-order valence-corrected chi connectivity index (χ2v) is 11.2. The lowest BCUT2D eigenvalue weighted by atomic mass is 9.84. The monoisotopic (exact) mass is 703 g/mol. The highest BCUT2D eigenvalue weighted by Crippen LogP contribution is 2.44. The number of fused-ring (bicyclic) bond motifs is 1. The van der Waals surface area contributed by atoms with Gasteiger partial charge in [-0.05, 0) is 70.2 Å². The Balaban J connectivity index is 1.55. The first-order chi connectivity index (χ1) is 14.8. The number of alkyl halides is 3. The Morgan fingerprint density at radius 3 is 2.50 bits per heavy atom. The Hall–Kier alpha value is -0.880. The van der Waals surface area contributed by atoms with Crippen molar-refractivity contribution in [1.29, 1.82) is 0 Å². The van der Waals surface area contributed by atoms with Gasteiger partial charge in [0, 0.05) is 22.8 Å². The number of hydrogen-bond acceptors (Lipinski definition) is 8. The summed E-state index contributed by atoms with van der Waals surface area (Å²) in [6, 6.07) is 3.49. The van der Waals surface area contributed by atoms with Crippen molar-refractivity contribution in [3.05, 3.63) is 24.8 Å². The molecule has 1 aromatic carbocycles. The molecule has 178 valence electrons. The first-order valence-corrected chi connectivity index (χ1v) is 12.9. The zero-order chi connectivity index (χ0) is 23.9. The summed E-state index contributed by atoms with van der Waals surface area (Å²) in [5.74, 6) is -2.81. The van der Waals surface area contributed by atoms with E-state index < -0.39 is 58.2 Å². The predicted molar refractivity (Wildman–Crippen MR) is 118 cm³/mol. The highest BCUT2D eigenvalue weighted by molar-refractivity contribution is 14.1. The van der Waals surface area contributed by atoms with Crippen LogP contribution in [-0.2, 0) is 24.4 Å². The van der Waals surface area contributed by atoms with Crippen molar-refractivity contribution in [2.45, 2.75) is 49.3 Å². The van der Waals surface area contributed by atoms with Gasteiger partial charge in [-0.2, -0.15) is 8.78 Å². The van der Waals surface area contributed by atoms with Crippen LogP contribution in [0.2, 0.25) is 0 Å². The summed E-state index contributed by atoms with van der Waals surface area (Å²) in [5.41, 5.74) is 0.311. The van der Waals surface area contributed by atoms with Crippen LogP contribution < -0.4 is 4.74 Å². The van der Waals surface area contributed by atoms with E-state index in [1.165, 1.54) is 0 Å². The number of hydrogen-bond donors (Lipinski definition) is 0. The van der Waals surface area contributed by atoms with Gasteiger partial charge in [0.2, 0.25) is 0 Å². The quantitative estimate of drug-likeness (QED) is 0.250. The number of carbonyl (C=O) groups is 2. The second-order valence-electron chi connectivity index (χ2n) is 7.38. The van der Waals surface area contributed by atoms with Gasteiger partial charge in [0.25, 0.3) is 5.79 Å². The van der Waals surface area contributed by atoms with Crippen molar-refractivity contribution >= 4 is 67.2 Å². The molecule has 1 aliphatic heterocycles. The summed E-state index contributed by atoms with van der Waals surface area (Å²) in [7, 11) is -6.18. The van der Waals surface area contributed by atoms with E-state index in [-0.39, 0.29) is 25.7 Å². The van der Waals surface area contributed by atoms with Crippen molar-refractivity contribution < 1.29 is 49.9 Å². The van der Waals surface area contributed by atoms with Gasteiger partial charge < -0.3 is 18.8 Å². The van der Waals surface area contributed by atoms with Gasteiger partial charge in [0.1, 0.15) is 5.56 Å². The molecule has 32 heavy (non-hydrogen) atoms. The van der Waals surface area contributed by atoms with Crippen LogP contribution in [0, 0.1) is 13.1 Å². The van der Waals surface area contributed by atoms with Crippen LogP contribution in [0.5, 0.6) is 5.75 Å². The fourth-order valence-electron chi connectivity index (χ4n) is 3.45. The summed E-state index contributed by atoms with van der Waals surface area (Å²) >= 11 is 4.12. The maximum absolute atomic E-state index is 13.4. The molecule has 1 atom stereocenters. The maximum Gasteiger partial charge on any atom is 0.364 e. The zero-order valence-electron chi connectivity index (χ0n) is 16.1. The Labute approximate surface area is 208 Å². The minimum Gasteiger partial charge on any atom is -0.743 e. The number of halogens is 5. The smallest absolute Gasteiger partial charge is 0.364 e. The fourth-order valence-corrected chi connectivity index (χ4v) is 5.84. The lowest BCUT2D eigenvalue weighted by Gasteiger charge is -2.41. The first-order valence-electron chi connectivity index (χ1n) is 9.31. The molecule has 1 heterocycles. The highest BCUT2D eigenvalue weighted by Gasteiger charge is 2.48. The van der Waals surface area contributed by atoms with Gasteiger partial charge >= 0.3 is 17.2 Å². The number of rotatable bonds is 6. The van der Waals surface area contributed by atoms with Crippen molar-refractivity contribution in [3.8, 4) is 5.75 Å². The van der Waals surface area contributed by atoms with Crippen LogP contribution >= 0.6 is 45.2 Å². The van der Waals surface area contributed by atoms with Gasteiger partial charge in [-0.25, -0.2) is 17.6 Å². The topological polar surface area (TPSA) is 119 Å². The van der Waals surface area contributed by atoms with Gasteiger partial charge in [-0.15, -0.1) is 0 Å². The number of ether oxygens (including phenoxy) is 3. The van der Waals surface area contributed by atoms with Gasteiger partial charge in [0.05, 0.1) is 16.1 Å². The van der Waals surface area contributed by atoms with E-state index in [2.05, 4.69) is 45.2 Å². The van der Waals surface area contributed by atoms with Gasteiger partial charge in [-0.3, -0.25) is 4.79 Å². The van der Waals surface area contributed by atoms with E-state index in [1.54, 1.807) is 6.07 Å². The molecule has 3 rings (SSSR count).